The molecule has 0 aromatic heterocycles. The van der Waals surface area contributed by atoms with E-state index >= 15 is 0 Å². The average molecular weight is 237 g/mol. The number of carbonyl (C=O) groups excluding carboxylic acids is 1. The van der Waals surface area contributed by atoms with E-state index in [2.05, 4.69) is 18.6 Å². The van der Waals surface area contributed by atoms with Crippen molar-refractivity contribution in [2.75, 3.05) is 13.3 Å². The van der Waals surface area contributed by atoms with Gasteiger partial charge in [-0.2, -0.15) is 0 Å². The molecule has 1 aromatic carbocycles. The molecule has 0 fully saturated rings. The van der Waals surface area contributed by atoms with Crippen LogP contribution in [0.25, 0.3) is 0 Å². The number of rotatable bonds is 6. The van der Waals surface area contributed by atoms with E-state index in [0.717, 1.165) is 11.3 Å². The molecule has 0 saturated carbocycles. The van der Waals surface area contributed by atoms with Gasteiger partial charge in [-0.1, -0.05) is 26.0 Å². The molecule has 0 unspecified atom stereocenters. The second kappa shape index (κ2) is 6.91. The van der Waals surface area contributed by atoms with E-state index in [1.807, 2.05) is 24.3 Å². The molecule has 1 rings (SSSR count). The molecule has 2 N–H and O–H groups in total. The van der Waals surface area contributed by atoms with Crippen LogP contribution in [0.2, 0.25) is 0 Å². The number of nitrogens with two attached hydrogens (primary N) is 1. The fourth-order valence-electron chi connectivity index (χ4n) is 1.28. The Morgan fingerprint density at radius 3 is 2.47 bits per heavy atom. The summed E-state index contributed by atoms with van der Waals surface area (Å²) in [5.41, 5.74) is 6.00. The van der Waals surface area contributed by atoms with Crippen LogP contribution in [0, 0.1) is 5.92 Å². The Morgan fingerprint density at radius 2 is 1.94 bits per heavy atom. The second-order valence-electron chi connectivity index (χ2n) is 4.21. The Hall–Kier alpha value is -1.55. The van der Waals surface area contributed by atoms with E-state index in [4.69, 9.17) is 10.5 Å². The fraction of sp³-hybridized carbons (Fsp3) is 0.462. The molecule has 0 bridgehead atoms. The number of carbonyl (C=O) groups is 1. The molecule has 4 nitrogen and oxygen atoms in total. The van der Waals surface area contributed by atoms with Crippen molar-refractivity contribution in [1.82, 2.24) is 0 Å². The molecule has 94 valence electrons. The van der Waals surface area contributed by atoms with Gasteiger partial charge in [0.05, 0.1) is 13.0 Å². The van der Waals surface area contributed by atoms with E-state index < -0.39 is 0 Å². The highest BCUT2D eigenvalue weighted by Crippen LogP contribution is 2.13. The first kappa shape index (κ1) is 13.5. The van der Waals surface area contributed by atoms with Gasteiger partial charge in [-0.15, -0.1) is 0 Å². The zero-order chi connectivity index (χ0) is 12.7. The molecule has 17 heavy (non-hydrogen) atoms. The molecule has 0 radical (unpaired) electrons. The molecule has 0 saturated heterocycles. The van der Waals surface area contributed by atoms with Gasteiger partial charge in [-0.25, -0.2) is 0 Å². The average Bonchev–Trinajstić information content (AvgIpc) is 2.28. The monoisotopic (exact) mass is 237 g/mol. The lowest BCUT2D eigenvalue weighted by atomic mass is 10.1. The second-order valence-corrected chi connectivity index (χ2v) is 4.21. The Balaban J connectivity index is 2.47. The third-order valence-corrected chi connectivity index (χ3v) is 2.10. The molecular weight excluding hydrogens is 218 g/mol. The largest absolute Gasteiger partial charge is 0.493 e. The number of benzene rings is 1. The van der Waals surface area contributed by atoms with Crippen LogP contribution in [0.3, 0.4) is 0 Å². The van der Waals surface area contributed by atoms with Crippen molar-refractivity contribution >= 4 is 5.97 Å². The van der Waals surface area contributed by atoms with Crippen molar-refractivity contribution in [2.24, 2.45) is 11.7 Å². The van der Waals surface area contributed by atoms with Crippen LogP contribution in [0.1, 0.15) is 19.4 Å². The predicted molar refractivity (Wildman–Crippen MR) is 65.6 cm³/mol. The molecule has 0 aliphatic rings. The van der Waals surface area contributed by atoms with Crippen molar-refractivity contribution < 1.29 is 14.3 Å². The van der Waals surface area contributed by atoms with Gasteiger partial charge >= 0.3 is 5.97 Å². The minimum Gasteiger partial charge on any atom is -0.493 e. The maximum absolute atomic E-state index is 11.2. The molecule has 0 aliphatic carbocycles. The lowest BCUT2D eigenvalue weighted by Crippen LogP contribution is -2.13. The molecule has 4 heteroatoms. The summed E-state index contributed by atoms with van der Waals surface area (Å²) in [6.07, 6.45) is 0.238. The normalized spacial score (nSPS) is 10.4. The maximum atomic E-state index is 11.2. The lowest BCUT2D eigenvalue weighted by molar-refractivity contribution is -0.142. The molecule has 0 spiro atoms. The molecule has 1 aromatic rings. The third-order valence-electron chi connectivity index (χ3n) is 2.10. The fourth-order valence-corrected chi connectivity index (χ4v) is 1.28. The first-order valence-electron chi connectivity index (χ1n) is 5.69. The summed E-state index contributed by atoms with van der Waals surface area (Å²) in [7, 11) is 0. The molecule has 0 heterocycles. The highest BCUT2D eigenvalue weighted by molar-refractivity contribution is 5.72. The minimum atomic E-state index is -0.316. The summed E-state index contributed by atoms with van der Waals surface area (Å²) >= 11 is 0. The number of esters is 1. The van der Waals surface area contributed by atoms with Gasteiger partial charge < -0.3 is 9.47 Å². The quantitative estimate of drug-likeness (QED) is 0.604. The minimum absolute atomic E-state index is 0.0750. The van der Waals surface area contributed by atoms with Crippen LogP contribution in [0.15, 0.2) is 24.3 Å². The lowest BCUT2D eigenvalue weighted by Gasteiger charge is -2.09. The van der Waals surface area contributed by atoms with Gasteiger partial charge in [0.25, 0.3) is 0 Å². The Labute approximate surface area is 102 Å². The highest BCUT2D eigenvalue weighted by Gasteiger charge is 2.04. The van der Waals surface area contributed by atoms with Crippen LogP contribution in [0.5, 0.6) is 5.75 Å². The van der Waals surface area contributed by atoms with Crippen LogP contribution in [0.4, 0.5) is 0 Å². The van der Waals surface area contributed by atoms with Crippen LogP contribution in [-0.4, -0.2) is 19.3 Å². The third kappa shape index (κ3) is 5.36. The van der Waals surface area contributed by atoms with Gasteiger partial charge in [0.2, 0.25) is 0 Å². The first-order chi connectivity index (χ1) is 8.11. The molecule has 0 amide bonds. The summed E-state index contributed by atoms with van der Waals surface area (Å²) in [6.45, 7) is 4.80. The Bertz CT molecular complexity index is 346. The van der Waals surface area contributed by atoms with Gasteiger partial charge in [0, 0.05) is 0 Å². The summed E-state index contributed by atoms with van der Waals surface area (Å²) in [4.78, 5) is 11.2. The highest BCUT2D eigenvalue weighted by atomic mass is 16.5. The number of hydrogen-bond acceptors (Lipinski definition) is 4. The van der Waals surface area contributed by atoms with Gasteiger partial charge in [-0.3, -0.25) is 10.5 Å². The van der Waals surface area contributed by atoms with Crippen molar-refractivity contribution in [3.05, 3.63) is 29.8 Å². The summed E-state index contributed by atoms with van der Waals surface area (Å²) < 4.78 is 10.2. The maximum Gasteiger partial charge on any atom is 0.311 e. The molecule has 0 atom stereocenters. The van der Waals surface area contributed by atoms with Crippen LogP contribution >= 0.6 is 0 Å². The van der Waals surface area contributed by atoms with E-state index in [1.165, 1.54) is 0 Å². The van der Waals surface area contributed by atoms with E-state index in [-0.39, 0.29) is 19.1 Å². The van der Waals surface area contributed by atoms with E-state index in [9.17, 15) is 4.79 Å². The van der Waals surface area contributed by atoms with E-state index in [0.29, 0.717) is 12.5 Å². The number of ether oxygens (including phenoxy) is 2. The van der Waals surface area contributed by atoms with Gasteiger partial charge in [0.1, 0.15) is 12.5 Å². The Kier molecular flexibility index (Phi) is 5.49. The van der Waals surface area contributed by atoms with Crippen molar-refractivity contribution in [1.29, 1.82) is 0 Å². The van der Waals surface area contributed by atoms with Crippen molar-refractivity contribution in [2.45, 2.75) is 20.3 Å². The zero-order valence-corrected chi connectivity index (χ0v) is 10.3. The first-order valence-corrected chi connectivity index (χ1v) is 5.69. The SMILES string of the molecule is CC(C)COc1ccc(CC(=O)OCN)cc1. The smallest absolute Gasteiger partial charge is 0.311 e. The van der Waals surface area contributed by atoms with Crippen molar-refractivity contribution in [3.8, 4) is 5.75 Å². The van der Waals surface area contributed by atoms with Crippen LogP contribution < -0.4 is 10.5 Å². The molecule has 0 aliphatic heterocycles. The molecular formula is C13H19NO3. The topological polar surface area (TPSA) is 61.5 Å². The summed E-state index contributed by atoms with van der Waals surface area (Å²) in [6, 6.07) is 7.42. The van der Waals surface area contributed by atoms with Gasteiger partial charge in [0.15, 0.2) is 0 Å². The summed E-state index contributed by atoms with van der Waals surface area (Å²) in [5.74, 6) is 0.993. The van der Waals surface area contributed by atoms with Crippen molar-refractivity contribution in [3.63, 3.8) is 0 Å². The standard InChI is InChI=1S/C13H19NO3/c1-10(2)8-16-12-5-3-11(4-6-12)7-13(15)17-9-14/h3-6,10H,7-9,14H2,1-2H3. The van der Waals surface area contributed by atoms with Gasteiger partial charge in [-0.05, 0) is 23.6 Å². The van der Waals surface area contributed by atoms with Crippen LogP contribution in [-0.2, 0) is 16.0 Å². The number of hydrogen-bond donors (Lipinski definition) is 1. The predicted octanol–water partition coefficient (Wildman–Crippen LogP) is 1.72. The van der Waals surface area contributed by atoms with E-state index in [1.54, 1.807) is 0 Å². The summed E-state index contributed by atoms with van der Waals surface area (Å²) in [5, 5.41) is 0. The Morgan fingerprint density at radius 1 is 1.29 bits per heavy atom. The zero-order valence-electron chi connectivity index (χ0n) is 10.3.